The van der Waals surface area contributed by atoms with E-state index in [0.717, 1.165) is 44.7 Å². The van der Waals surface area contributed by atoms with E-state index in [9.17, 15) is 15.0 Å². The maximum atomic E-state index is 12.7. The summed E-state index contributed by atoms with van der Waals surface area (Å²) in [4.78, 5) is 12.7. The molecular formula is C32H54N2O5. The Bertz CT molecular complexity index is 1010. The summed E-state index contributed by atoms with van der Waals surface area (Å²) >= 11 is 0. The first-order valence-electron chi connectivity index (χ1n) is 16.1. The van der Waals surface area contributed by atoms with E-state index in [4.69, 9.17) is 9.47 Å². The Balaban J connectivity index is 0.00000289. The van der Waals surface area contributed by atoms with Gasteiger partial charge in [-0.3, -0.25) is 0 Å². The zero-order chi connectivity index (χ0) is 27.6. The highest BCUT2D eigenvalue weighted by Crippen LogP contribution is 2.87. The highest BCUT2D eigenvalue weighted by Gasteiger charge is 2.81. The Morgan fingerprint density at radius 3 is 2.46 bits per heavy atom. The largest absolute Gasteiger partial charge is 0.446 e. The lowest BCUT2D eigenvalue weighted by molar-refractivity contribution is -0.177. The molecule has 5 aliphatic carbocycles. The molecule has 0 bridgehead atoms. The molecule has 7 aliphatic rings. The zero-order valence-electron chi connectivity index (χ0n) is 24.8. The van der Waals surface area contributed by atoms with E-state index in [2.05, 4.69) is 31.4 Å². The number of fused-ring (bicyclic) bond motifs is 4. The summed E-state index contributed by atoms with van der Waals surface area (Å²) < 4.78 is 12.8. The van der Waals surface area contributed by atoms with Gasteiger partial charge in [0.1, 0.15) is 12.2 Å². The maximum absolute atomic E-state index is 12.7. The first-order valence-corrected chi connectivity index (χ1v) is 16.1. The quantitative estimate of drug-likeness (QED) is 0.410. The van der Waals surface area contributed by atoms with Gasteiger partial charge in [-0.05, 0) is 118 Å². The topological polar surface area (TPSA) is 100 Å². The molecule has 11 atom stereocenters. The number of aliphatic hydroxyl groups excluding tert-OH is 1. The molecule has 7 rings (SSSR count). The molecule has 0 radical (unpaired) electrons. The van der Waals surface area contributed by atoms with Crippen LogP contribution in [0.1, 0.15) is 100 Å². The molecule has 7 nitrogen and oxygen atoms in total. The summed E-state index contributed by atoms with van der Waals surface area (Å²) in [5, 5.41) is 27.5. The number of hydrogen-bond acceptors (Lipinski definition) is 6. The Morgan fingerprint density at radius 1 is 1.03 bits per heavy atom. The lowest BCUT2D eigenvalue weighted by Gasteiger charge is -2.59. The molecule has 2 heterocycles. The SMILES string of the molecule is CC(C)(O)[C@@H](O)C1CCC2C(CC3C4CCC5C(C)(C)[C@@H](OC(=O)NC6CNC6)CC[C@@]56CC46CC[C@]23C)O1.[HH]. The van der Waals surface area contributed by atoms with E-state index in [0.29, 0.717) is 34.0 Å². The van der Waals surface area contributed by atoms with Crippen LogP contribution in [0.5, 0.6) is 0 Å². The summed E-state index contributed by atoms with van der Waals surface area (Å²) in [7, 11) is 0. The van der Waals surface area contributed by atoms with Gasteiger partial charge in [0.25, 0.3) is 0 Å². The van der Waals surface area contributed by atoms with Crippen molar-refractivity contribution >= 4 is 6.09 Å². The summed E-state index contributed by atoms with van der Waals surface area (Å²) in [6, 6.07) is 0.210. The van der Waals surface area contributed by atoms with Crippen LogP contribution in [-0.2, 0) is 9.47 Å². The van der Waals surface area contributed by atoms with E-state index >= 15 is 0 Å². The van der Waals surface area contributed by atoms with Crippen molar-refractivity contribution in [3.05, 3.63) is 0 Å². The van der Waals surface area contributed by atoms with Crippen LogP contribution in [-0.4, -0.2) is 65.5 Å². The van der Waals surface area contributed by atoms with Crippen LogP contribution in [0.3, 0.4) is 0 Å². The molecule has 0 aromatic heterocycles. The summed E-state index contributed by atoms with van der Waals surface area (Å²) in [6.45, 7) is 12.4. The third-order valence-corrected chi connectivity index (χ3v) is 14.0. The lowest BCUT2D eigenvalue weighted by Crippen LogP contribution is -2.59. The van der Waals surface area contributed by atoms with Crippen molar-refractivity contribution in [2.24, 2.45) is 45.3 Å². The first-order chi connectivity index (χ1) is 18.3. The monoisotopic (exact) mass is 546 g/mol. The van der Waals surface area contributed by atoms with Crippen LogP contribution in [0.25, 0.3) is 0 Å². The molecule has 5 saturated carbocycles. The van der Waals surface area contributed by atoms with E-state index in [-0.39, 0.29) is 37.3 Å². The molecule has 1 amide bonds. The summed E-state index contributed by atoms with van der Waals surface area (Å²) in [5.74, 6) is 2.65. The molecule has 2 aliphatic heterocycles. The molecule has 39 heavy (non-hydrogen) atoms. The average molecular weight is 547 g/mol. The molecule has 0 aromatic carbocycles. The van der Waals surface area contributed by atoms with Crippen molar-refractivity contribution in [2.45, 2.75) is 135 Å². The molecule has 7 fully saturated rings. The molecule has 4 N–H and O–H groups in total. The van der Waals surface area contributed by atoms with Gasteiger partial charge in [-0.25, -0.2) is 4.79 Å². The van der Waals surface area contributed by atoms with Gasteiger partial charge in [-0.15, -0.1) is 0 Å². The van der Waals surface area contributed by atoms with Crippen molar-refractivity contribution in [3.8, 4) is 0 Å². The maximum Gasteiger partial charge on any atom is 0.407 e. The molecule has 222 valence electrons. The molecule has 7 unspecified atom stereocenters. The third kappa shape index (κ3) is 3.71. The van der Waals surface area contributed by atoms with Crippen LogP contribution < -0.4 is 10.6 Å². The average Bonchev–Trinajstić information content (AvgIpc) is 3.42. The van der Waals surface area contributed by atoms with Crippen molar-refractivity contribution in [1.29, 1.82) is 0 Å². The Morgan fingerprint density at radius 2 is 1.77 bits per heavy atom. The highest BCUT2D eigenvalue weighted by atomic mass is 16.6. The number of nitrogens with one attached hydrogen (secondary N) is 2. The number of carbonyl (C=O) groups is 1. The summed E-state index contributed by atoms with van der Waals surface area (Å²) in [6.07, 6.45) is 10.7. The predicted octanol–water partition coefficient (Wildman–Crippen LogP) is 4.64. The molecule has 2 spiro atoms. The van der Waals surface area contributed by atoms with E-state index < -0.39 is 11.7 Å². The molecular weight excluding hydrogens is 492 g/mol. The number of alkyl carbamates (subject to hydrolysis) is 1. The Labute approximate surface area is 236 Å². The van der Waals surface area contributed by atoms with Crippen LogP contribution in [0, 0.1) is 45.3 Å². The first kappa shape index (κ1) is 27.0. The standard InChI is InChI=1S/C32H52N2O5.H2/c1-28(2)24-9-7-19-21-14-23-20(6-8-22(38-23)26(35)29(3,4)37)30(21,5)12-13-31(19)17-32(24,31)11-10-25(28)39-27(36)34-18-15-33-16-18;/h18-26,33,35,37H,6-17H2,1-5H3,(H,34,36);1H/t19?,20?,21?,22?,23?,24?,25-,26-,30+,31?,32+;/m0./s1. The number of amides is 1. The van der Waals surface area contributed by atoms with Gasteiger partial charge in [-0.1, -0.05) is 20.8 Å². The fraction of sp³-hybridized carbons (Fsp3) is 0.969. The lowest BCUT2D eigenvalue weighted by atomic mass is 9.46. The molecule has 2 saturated heterocycles. The van der Waals surface area contributed by atoms with E-state index in [1.165, 1.54) is 38.5 Å². The van der Waals surface area contributed by atoms with Crippen LogP contribution in [0.15, 0.2) is 0 Å². The molecule has 0 aromatic rings. The van der Waals surface area contributed by atoms with Gasteiger partial charge in [0.05, 0.1) is 23.9 Å². The second kappa shape index (κ2) is 8.58. The molecule has 7 heteroatoms. The van der Waals surface area contributed by atoms with Gasteiger partial charge >= 0.3 is 6.09 Å². The Hall–Kier alpha value is -0.890. The zero-order valence-corrected chi connectivity index (χ0v) is 24.8. The normalized spacial score (nSPS) is 50.7. The van der Waals surface area contributed by atoms with Crippen LogP contribution >= 0.6 is 0 Å². The number of carbonyl (C=O) groups excluding carboxylic acids is 1. The number of ether oxygens (including phenoxy) is 2. The number of aliphatic hydroxyl groups is 2. The van der Waals surface area contributed by atoms with Crippen molar-refractivity contribution in [2.75, 3.05) is 13.1 Å². The van der Waals surface area contributed by atoms with E-state index in [1.54, 1.807) is 13.8 Å². The highest BCUT2D eigenvalue weighted by molar-refractivity contribution is 5.68. The smallest absolute Gasteiger partial charge is 0.407 e. The minimum Gasteiger partial charge on any atom is -0.446 e. The number of hydrogen-bond donors (Lipinski definition) is 4. The third-order valence-electron chi connectivity index (χ3n) is 14.0. The van der Waals surface area contributed by atoms with Gasteiger partial charge in [0.2, 0.25) is 0 Å². The van der Waals surface area contributed by atoms with Gasteiger partial charge in [-0.2, -0.15) is 0 Å². The fourth-order valence-electron chi connectivity index (χ4n) is 11.9. The van der Waals surface area contributed by atoms with Crippen molar-refractivity contribution in [3.63, 3.8) is 0 Å². The second-order valence-corrected chi connectivity index (χ2v) is 16.3. The van der Waals surface area contributed by atoms with Crippen LogP contribution in [0.2, 0.25) is 0 Å². The minimum absolute atomic E-state index is 0. The van der Waals surface area contributed by atoms with Crippen molar-refractivity contribution in [1.82, 2.24) is 10.6 Å². The fourth-order valence-corrected chi connectivity index (χ4v) is 11.9. The van der Waals surface area contributed by atoms with Gasteiger partial charge in [0.15, 0.2) is 0 Å². The minimum atomic E-state index is -1.14. The number of rotatable bonds is 4. The van der Waals surface area contributed by atoms with E-state index in [1.807, 2.05) is 0 Å². The Kier molecular flexibility index (Phi) is 5.93. The van der Waals surface area contributed by atoms with Crippen molar-refractivity contribution < 1.29 is 25.9 Å². The summed E-state index contributed by atoms with van der Waals surface area (Å²) in [5.41, 5.74) is 0.0625. The van der Waals surface area contributed by atoms with Gasteiger partial charge < -0.3 is 30.3 Å². The second-order valence-electron chi connectivity index (χ2n) is 16.3. The van der Waals surface area contributed by atoms with Gasteiger partial charge in [0, 0.05) is 19.9 Å². The van der Waals surface area contributed by atoms with Crippen LogP contribution in [0.4, 0.5) is 4.79 Å². The predicted molar refractivity (Wildman–Crippen MR) is 150 cm³/mol.